The lowest BCUT2D eigenvalue weighted by molar-refractivity contribution is -0.671. The lowest BCUT2D eigenvalue weighted by Crippen LogP contribution is -2.83. The molecule has 2 N–H and O–H groups in total. The van der Waals surface area contributed by atoms with Crippen LogP contribution in [-0.4, -0.2) is 20.8 Å². The molecule has 102 valence electrons. The van der Waals surface area contributed by atoms with Crippen molar-refractivity contribution in [2.75, 3.05) is 20.8 Å². The van der Waals surface area contributed by atoms with Crippen LogP contribution in [0.15, 0.2) is 41.0 Å². The number of quaternary nitrogens is 1. The SMILES string of the molecule is COc1ccc(CC[NH2+]Cc2ccco2)cc1OC. The lowest BCUT2D eigenvalue weighted by atomic mass is 10.1. The van der Waals surface area contributed by atoms with E-state index in [4.69, 9.17) is 13.9 Å². The highest BCUT2D eigenvalue weighted by atomic mass is 16.5. The van der Waals surface area contributed by atoms with Crippen LogP contribution in [0.5, 0.6) is 11.5 Å². The fourth-order valence-electron chi connectivity index (χ4n) is 1.98. The molecule has 4 heteroatoms. The van der Waals surface area contributed by atoms with E-state index in [1.54, 1.807) is 20.5 Å². The minimum Gasteiger partial charge on any atom is -0.493 e. The summed E-state index contributed by atoms with van der Waals surface area (Å²) >= 11 is 0. The molecule has 0 spiro atoms. The molecule has 0 saturated carbocycles. The average molecular weight is 262 g/mol. The minimum atomic E-state index is 0.769. The number of nitrogens with two attached hydrogens (primary N) is 1. The van der Waals surface area contributed by atoms with E-state index in [0.29, 0.717) is 0 Å². The second-order valence-corrected chi connectivity index (χ2v) is 4.30. The molecule has 0 aliphatic carbocycles. The zero-order chi connectivity index (χ0) is 13.5. The summed E-state index contributed by atoms with van der Waals surface area (Å²) in [4.78, 5) is 0. The third-order valence-electron chi connectivity index (χ3n) is 3.01. The molecule has 0 bridgehead atoms. The number of benzene rings is 1. The zero-order valence-electron chi connectivity index (χ0n) is 11.4. The van der Waals surface area contributed by atoms with Gasteiger partial charge in [-0.3, -0.25) is 0 Å². The Labute approximate surface area is 113 Å². The first-order valence-corrected chi connectivity index (χ1v) is 6.38. The molecule has 1 aromatic heterocycles. The van der Waals surface area contributed by atoms with Crippen molar-refractivity contribution < 1.29 is 19.2 Å². The van der Waals surface area contributed by atoms with E-state index in [0.717, 1.165) is 36.8 Å². The molecule has 0 aliphatic heterocycles. The molecule has 0 unspecified atom stereocenters. The second kappa shape index (κ2) is 6.85. The van der Waals surface area contributed by atoms with E-state index in [-0.39, 0.29) is 0 Å². The van der Waals surface area contributed by atoms with Gasteiger partial charge in [-0.2, -0.15) is 0 Å². The molecular weight excluding hydrogens is 242 g/mol. The molecule has 0 radical (unpaired) electrons. The van der Waals surface area contributed by atoms with Crippen molar-refractivity contribution in [3.8, 4) is 11.5 Å². The molecule has 0 fully saturated rings. The van der Waals surface area contributed by atoms with Crippen molar-refractivity contribution >= 4 is 0 Å². The molecule has 4 nitrogen and oxygen atoms in total. The van der Waals surface area contributed by atoms with E-state index in [9.17, 15) is 0 Å². The monoisotopic (exact) mass is 262 g/mol. The van der Waals surface area contributed by atoms with Gasteiger partial charge in [-0.1, -0.05) is 6.07 Å². The Morgan fingerprint density at radius 3 is 2.63 bits per heavy atom. The summed E-state index contributed by atoms with van der Waals surface area (Å²) in [6.45, 7) is 1.89. The summed E-state index contributed by atoms with van der Waals surface area (Å²) in [5.41, 5.74) is 1.24. The number of rotatable bonds is 7. The molecule has 0 amide bonds. The van der Waals surface area contributed by atoms with Crippen molar-refractivity contribution in [2.45, 2.75) is 13.0 Å². The van der Waals surface area contributed by atoms with Crippen LogP contribution < -0.4 is 14.8 Å². The first kappa shape index (κ1) is 13.5. The Kier molecular flexibility index (Phi) is 4.86. The molecule has 0 atom stereocenters. The van der Waals surface area contributed by atoms with E-state index >= 15 is 0 Å². The van der Waals surface area contributed by atoms with Gasteiger partial charge in [0.05, 0.1) is 27.0 Å². The van der Waals surface area contributed by atoms with Gasteiger partial charge in [0.1, 0.15) is 6.54 Å². The smallest absolute Gasteiger partial charge is 0.160 e. The number of hydrogen-bond donors (Lipinski definition) is 1. The normalized spacial score (nSPS) is 10.4. The van der Waals surface area contributed by atoms with Crippen LogP contribution in [0, 0.1) is 0 Å². The summed E-state index contributed by atoms with van der Waals surface area (Å²) in [7, 11) is 3.30. The number of furan rings is 1. The van der Waals surface area contributed by atoms with Crippen molar-refractivity contribution in [3.05, 3.63) is 47.9 Å². The summed E-state index contributed by atoms with van der Waals surface area (Å²) in [6, 6.07) is 9.95. The first-order chi connectivity index (χ1) is 9.33. The predicted molar refractivity (Wildman–Crippen MR) is 72.5 cm³/mol. The molecule has 1 heterocycles. The average Bonchev–Trinajstić information content (AvgIpc) is 2.96. The van der Waals surface area contributed by atoms with Gasteiger partial charge in [0.15, 0.2) is 17.3 Å². The van der Waals surface area contributed by atoms with Crippen molar-refractivity contribution in [2.24, 2.45) is 0 Å². The van der Waals surface area contributed by atoms with Crippen LogP contribution >= 0.6 is 0 Å². The summed E-state index contributed by atoms with van der Waals surface area (Å²) < 4.78 is 15.8. The Hall–Kier alpha value is -1.94. The maximum atomic E-state index is 5.29. The van der Waals surface area contributed by atoms with Crippen LogP contribution in [0.4, 0.5) is 0 Å². The van der Waals surface area contributed by atoms with Crippen LogP contribution in [-0.2, 0) is 13.0 Å². The molecule has 0 aliphatic rings. The highest BCUT2D eigenvalue weighted by Crippen LogP contribution is 2.27. The lowest BCUT2D eigenvalue weighted by Gasteiger charge is -2.09. The van der Waals surface area contributed by atoms with E-state index in [1.807, 2.05) is 24.3 Å². The molecule has 19 heavy (non-hydrogen) atoms. The van der Waals surface area contributed by atoms with Crippen LogP contribution in [0.2, 0.25) is 0 Å². The molecular formula is C15H20NO3+. The van der Waals surface area contributed by atoms with E-state index in [2.05, 4.69) is 11.4 Å². The summed E-state index contributed by atoms with van der Waals surface area (Å²) in [5.74, 6) is 2.56. The fourth-order valence-corrected chi connectivity index (χ4v) is 1.98. The fraction of sp³-hybridized carbons (Fsp3) is 0.333. The molecule has 0 saturated heterocycles. The predicted octanol–water partition coefficient (Wildman–Crippen LogP) is 1.60. The Bertz CT molecular complexity index is 494. The standard InChI is InChI=1S/C15H19NO3/c1-17-14-6-5-12(10-15(14)18-2)7-8-16-11-13-4-3-9-19-13/h3-6,9-10,16H,7-8,11H2,1-2H3/p+1. The quantitative estimate of drug-likeness (QED) is 0.771. The van der Waals surface area contributed by atoms with Gasteiger partial charge < -0.3 is 19.2 Å². The summed E-state index contributed by atoms with van der Waals surface area (Å²) in [5, 5.41) is 2.23. The number of hydrogen-bond acceptors (Lipinski definition) is 3. The van der Waals surface area contributed by atoms with Crippen molar-refractivity contribution in [3.63, 3.8) is 0 Å². The minimum absolute atomic E-state index is 0.769. The third kappa shape index (κ3) is 3.76. The Morgan fingerprint density at radius 2 is 1.95 bits per heavy atom. The summed E-state index contributed by atoms with van der Waals surface area (Å²) in [6.07, 6.45) is 2.69. The molecule has 2 rings (SSSR count). The van der Waals surface area contributed by atoms with Gasteiger partial charge in [0.2, 0.25) is 0 Å². The topological polar surface area (TPSA) is 48.2 Å². The van der Waals surface area contributed by atoms with Crippen LogP contribution in [0.1, 0.15) is 11.3 Å². The van der Waals surface area contributed by atoms with Gasteiger partial charge in [-0.15, -0.1) is 0 Å². The van der Waals surface area contributed by atoms with Crippen LogP contribution in [0.25, 0.3) is 0 Å². The van der Waals surface area contributed by atoms with Gasteiger partial charge in [-0.25, -0.2) is 0 Å². The number of ether oxygens (including phenoxy) is 2. The van der Waals surface area contributed by atoms with E-state index < -0.39 is 0 Å². The first-order valence-electron chi connectivity index (χ1n) is 6.38. The number of methoxy groups -OCH3 is 2. The van der Waals surface area contributed by atoms with E-state index in [1.165, 1.54) is 5.56 Å². The molecule has 1 aromatic carbocycles. The van der Waals surface area contributed by atoms with Crippen molar-refractivity contribution in [1.29, 1.82) is 0 Å². The molecule has 2 aromatic rings. The maximum absolute atomic E-state index is 5.29. The van der Waals surface area contributed by atoms with Gasteiger partial charge in [0.25, 0.3) is 0 Å². The second-order valence-electron chi connectivity index (χ2n) is 4.30. The van der Waals surface area contributed by atoms with Gasteiger partial charge in [-0.05, 0) is 29.8 Å². The maximum Gasteiger partial charge on any atom is 0.160 e. The zero-order valence-corrected chi connectivity index (χ0v) is 11.4. The van der Waals surface area contributed by atoms with Crippen molar-refractivity contribution in [1.82, 2.24) is 0 Å². The third-order valence-corrected chi connectivity index (χ3v) is 3.01. The Morgan fingerprint density at radius 1 is 1.11 bits per heavy atom. The Balaban J connectivity index is 1.82. The highest BCUT2D eigenvalue weighted by Gasteiger charge is 2.05. The van der Waals surface area contributed by atoms with Gasteiger partial charge >= 0.3 is 0 Å². The van der Waals surface area contributed by atoms with Crippen LogP contribution in [0.3, 0.4) is 0 Å². The highest BCUT2D eigenvalue weighted by molar-refractivity contribution is 5.42. The largest absolute Gasteiger partial charge is 0.493 e. The van der Waals surface area contributed by atoms with Gasteiger partial charge in [0, 0.05) is 6.42 Å².